The molecule has 1 aromatic carbocycles. The zero-order valence-electron chi connectivity index (χ0n) is 9.89. The number of ether oxygens (including phenoxy) is 1. The Morgan fingerprint density at radius 3 is 2.78 bits per heavy atom. The summed E-state index contributed by atoms with van der Waals surface area (Å²) in [6.45, 7) is 1.03. The summed E-state index contributed by atoms with van der Waals surface area (Å²) in [7, 11) is 0. The van der Waals surface area contributed by atoms with E-state index in [2.05, 4.69) is 10.3 Å². The number of amides is 1. The highest BCUT2D eigenvalue weighted by atomic mass is 35.5. The second kappa shape index (κ2) is 5.08. The SMILES string of the molecule is Cl.O=C1NC(Cc2ccccc2)=NC12CCOC2. The van der Waals surface area contributed by atoms with Crippen molar-refractivity contribution in [1.29, 1.82) is 0 Å². The molecule has 3 rings (SSSR count). The van der Waals surface area contributed by atoms with Crippen LogP contribution in [0.15, 0.2) is 35.3 Å². The maximum absolute atomic E-state index is 11.9. The Balaban J connectivity index is 0.00000120. The molecule has 18 heavy (non-hydrogen) atoms. The van der Waals surface area contributed by atoms with Crippen LogP contribution in [-0.2, 0) is 16.0 Å². The monoisotopic (exact) mass is 266 g/mol. The lowest BCUT2D eigenvalue weighted by atomic mass is 10.0. The third-order valence-corrected chi connectivity index (χ3v) is 3.24. The van der Waals surface area contributed by atoms with Crippen LogP contribution in [0.2, 0.25) is 0 Å². The highest BCUT2D eigenvalue weighted by Gasteiger charge is 2.46. The van der Waals surface area contributed by atoms with Crippen LogP contribution >= 0.6 is 12.4 Å². The van der Waals surface area contributed by atoms with Gasteiger partial charge in [-0.15, -0.1) is 12.4 Å². The lowest BCUT2D eigenvalue weighted by Gasteiger charge is -2.12. The smallest absolute Gasteiger partial charge is 0.255 e. The van der Waals surface area contributed by atoms with Gasteiger partial charge in [0.15, 0.2) is 5.54 Å². The van der Waals surface area contributed by atoms with Gasteiger partial charge in [-0.1, -0.05) is 30.3 Å². The predicted octanol–water partition coefficient (Wildman–Crippen LogP) is 1.34. The first-order valence-corrected chi connectivity index (χ1v) is 5.80. The highest BCUT2D eigenvalue weighted by molar-refractivity contribution is 6.09. The molecule has 0 aromatic heterocycles. The first-order chi connectivity index (χ1) is 8.28. The van der Waals surface area contributed by atoms with Gasteiger partial charge in [-0.05, 0) is 5.56 Å². The quantitative estimate of drug-likeness (QED) is 0.878. The zero-order chi connectivity index (χ0) is 11.7. The molecule has 1 aromatic rings. The van der Waals surface area contributed by atoms with Crippen LogP contribution in [0, 0.1) is 0 Å². The number of hydrogen-bond donors (Lipinski definition) is 1. The molecule has 4 nitrogen and oxygen atoms in total. The van der Waals surface area contributed by atoms with Crippen molar-refractivity contribution in [3.05, 3.63) is 35.9 Å². The summed E-state index contributed by atoms with van der Waals surface area (Å²) in [4.78, 5) is 16.4. The van der Waals surface area contributed by atoms with Crippen molar-refractivity contribution in [2.45, 2.75) is 18.4 Å². The molecule has 0 bridgehead atoms. The minimum Gasteiger partial charge on any atom is -0.378 e. The van der Waals surface area contributed by atoms with E-state index in [4.69, 9.17) is 4.74 Å². The average molecular weight is 267 g/mol. The largest absolute Gasteiger partial charge is 0.378 e. The van der Waals surface area contributed by atoms with E-state index >= 15 is 0 Å². The lowest BCUT2D eigenvalue weighted by molar-refractivity contribution is -0.123. The molecule has 1 unspecified atom stereocenters. The van der Waals surface area contributed by atoms with E-state index in [1.165, 1.54) is 0 Å². The fourth-order valence-corrected chi connectivity index (χ4v) is 2.28. The van der Waals surface area contributed by atoms with Gasteiger partial charge < -0.3 is 10.1 Å². The molecule has 1 N–H and O–H groups in total. The number of benzene rings is 1. The van der Waals surface area contributed by atoms with Gasteiger partial charge in [-0.3, -0.25) is 9.79 Å². The number of aliphatic imine (C=N–C) groups is 1. The highest BCUT2D eigenvalue weighted by Crippen LogP contribution is 2.27. The van der Waals surface area contributed by atoms with Gasteiger partial charge in [0.25, 0.3) is 5.91 Å². The number of nitrogens with one attached hydrogen (secondary N) is 1. The van der Waals surface area contributed by atoms with E-state index in [9.17, 15) is 4.79 Å². The van der Waals surface area contributed by atoms with Gasteiger partial charge in [0, 0.05) is 19.4 Å². The van der Waals surface area contributed by atoms with Gasteiger partial charge in [0.1, 0.15) is 5.84 Å². The Kier molecular flexibility index (Phi) is 3.68. The number of carbonyl (C=O) groups is 1. The maximum atomic E-state index is 11.9. The Bertz CT molecular complexity index is 467. The standard InChI is InChI=1S/C13H14N2O2.ClH/c16-12-13(6-7-17-9-13)15-11(14-12)8-10-4-2-1-3-5-10;/h1-5H,6-9H2,(H,14,15,16);1H. The van der Waals surface area contributed by atoms with Gasteiger partial charge in [-0.25, -0.2) is 0 Å². The summed E-state index contributed by atoms with van der Waals surface area (Å²) in [6.07, 6.45) is 1.37. The van der Waals surface area contributed by atoms with Crippen molar-refractivity contribution in [3.8, 4) is 0 Å². The Morgan fingerprint density at radius 1 is 1.33 bits per heavy atom. The van der Waals surface area contributed by atoms with Crippen molar-refractivity contribution in [2.24, 2.45) is 4.99 Å². The lowest BCUT2D eigenvalue weighted by Crippen LogP contribution is -2.40. The molecule has 1 atom stereocenters. The van der Waals surface area contributed by atoms with Gasteiger partial charge in [0.2, 0.25) is 0 Å². The summed E-state index contributed by atoms with van der Waals surface area (Å²) < 4.78 is 5.28. The molecular weight excluding hydrogens is 252 g/mol. The van der Waals surface area contributed by atoms with Gasteiger partial charge >= 0.3 is 0 Å². The van der Waals surface area contributed by atoms with E-state index in [0.29, 0.717) is 26.1 Å². The van der Waals surface area contributed by atoms with Crippen LogP contribution in [0.1, 0.15) is 12.0 Å². The van der Waals surface area contributed by atoms with E-state index in [-0.39, 0.29) is 18.3 Å². The number of amidine groups is 1. The van der Waals surface area contributed by atoms with Crippen molar-refractivity contribution in [3.63, 3.8) is 0 Å². The Morgan fingerprint density at radius 2 is 2.11 bits per heavy atom. The molecule has 1 saturated heterocycles. The number of rotatable bonds is 2. The van der Waals surface area contributed by atoms with Crippen molar-refractivity contribution < 1.29 is 9.53 Å². The third kappa shape index (κ3) is 2.26. The molecule has 96 valence electrons. The molecule has 2 aliphatic rings. The second-order valence-corrected chi connectivity index (χ2v) is 4.51. The van der Waals surface area contributed by atoms with Crippen LogP contribution in [0.4, 0.5) is 0 Å². The zero-order valence-corrected chi connectivity index (χ0v) is 10.7. The topological polar surface area (TPSA) is 50.7 Å². The summed E-state index contributed by atoms with van der Waals surface area (Å²) in [5.74, 6) is 0.743. The summed E-state index contributed by atoms with van der Waals surface area (Å²) >= 11 is 0. The number of carbonyl (C=O) groups excluding carboxylic acids is 1. The molecule has 2 heterocycles. The Labute approximate surface area is 112 Å². The molecule has 0 aliphatic carbocycles. The van der Waals surface area contributed by atoms with Crippen LogP contribution in [0.3, 0.4) is 0 Å². The van der Waals surface area contributed by atoms with Crippen LogP contribution in [-0.4, -0.2) is 30.5 Å². The summed E-state index contributed by atoms with van der Waals surface area (Å²) in [5.41, 5.74) is 0.520. The average Bonchev–Trinajstić information content (AvgIpc) is 2.90. The molecule has 0 saturated carbocycles. The van der Waals surface area contributed by atoms with Crippen molar-refractivity contribution in [2.75, 3.05) is 13.2 Å². The van der Waals surface area contributed by atoms with E-state index in [1.807, 2.05) is 30.3 Å². The van der Waals surface area contributed by atoms with Crippen LogP contribution < -0.4 is 5.32 Å². The Hall–Kier alpha value is -1.39. The molecular formula is C13H15ClN2O2. The van der Waals surface area contributed by atoms with Crippen molar-refractivity contribution in [1.82, 2.24) is 5.32 Å². The number of halogens is 1. The van der Waals surface area contributed by atoms with Gasteiger partial charge in [-0.2, -0.15) is 0 Å². The fraction of sp³-hybridized carbons (Fsp3) is 0.385. The van der Waals surface area contributed by atoms with E-state index in [0.717, 1.165) is 11.4 Å². The van der Waals surface area contributed by atoms with E-state index < -0.39 is 5.54 Å². The minimum absolute atomic E-state index is 0. The second-order valence-electron chi connectivity index (χ2n) is 4.51. The van der Waals surface area contributed by atoms with Crippen LogP contribution in [0.25, 0.3) is 0 Å². The first-order valence-electron chi connectivity index (χ1n) is 5.80. The predicted molar refractivity (Wildman–Crippen MR) is 71.1 cm³/mol. The summed E-state index contributed by atoms with van der Waals surface area (Å²) in [5, 5.41) is 2.87. The van der Waals surface area contributed by atoms with E-state index in [1.54, 1.807) is 0 Å². The van der Waals surface area contributed by atoms with Gasteiger partial charge in [0.05, 0.1) is 6.61 Å². The first kappa shape index (κ1) is 13.1. The minimum atomic E-state index is -0.635. The normalized spacial score (nSPS) is 25.8. The molecule has 1 fully saturated rings. The van der Waals surface area contributed by atoms with Crippen LogP contribution in [0.5, 0.6) is 0 Å². The van der Waals surface area contributed by atoms with Crippen molar-refractivity contribution >= 4 is 24.1 Å². The summed E-state index contributed by atoms with van der Waals surface area (Å²) in [6, 6.07) is 10.0. The molecule has 5 heteroatoms. The molecule has 2 aliphatic heterocycles. The third-order valence-electron chi connectivity index (χ3n) is 3.24. The fourth-order valence-electron chi connectivity index (χ4n) is 2.28. The maximum Gasteiger partial charge on any atom is 0.255 e. The number of hydrogen-bond acceptors (Lipinski definition) is 3. The molecule has 1 amide bonds. The molecule has 0 radical (unpaired) electrons. The molecule has 1 spiro atoms. The number of nitrogens with zero attached hydrogens (tertiary/aromatic N) is 1.